The van der Waals surface area contributed by atoms with Crippen molar-refractivity contribution < 1.29 is 4.79 Å². The monoisotopic (exact) mass is 386 g/mol. The minimum Gasteiger partial charge on any atom is -0.293 e. The van der Waals surface area contributed by atoms with Crippen molar-refractivity contribution in [2.24, 2.45) is 0 Å². The van der Waals surface area contributed by atoms with Crippen LogP contribution in [0.5, 0.6) is 0 Å². The van der Waals surface area contributed by atoms with E-state index in [0.717, 1.165) is 25.1 Å². The number of benzene rings is 1. The quantitative estimate of drug-likeness (QED) is 0.619. The van der Waals surface area contributed by atoms with Crippen LogP contribution < -0.4 is 0 Å². The first-order valence-electron chi connectivity index (χ1n) is 5.67. The lowest BCUT2D eigenvalue weighted by molar-refractivity contribution is 0.0957. The molecular weight excluding hydrogens is 376 g/mol. The molecule has 0 N–H and O–H groups in total. The van der Waals surface area contributed by atoms with Crippen molar-refractivity contribution in [3.05, 3.63) is 55.1 Å². The van der Waals surface area contributed by atoms with E-state index < -0.39 is 0 Å². The van der Waals surface area contributed by atoms with Gasteiger partial charge in [-0.25, -0.2) is 0 Å². The van der Waals surface area contributed by atoms with Gasteiger partial charge in [0.1, 0.15) is 0 Å². The minimum atomic E-state index is -0.0657. The Kier molecular flexibility index (Phi) is 4.76. The molecule has 1 heterocycles. The molecule has 1 aromatic heterocycles. The highest BCUT2D eigenvalue weighted by Gasteiger charge is 2.23. The van der Waals surface area contributed by atoms with E-state index in [1.54, 1.807) is 0 Å². The third-order valence-corrected chi connectivity index (χ3v) is 5.19. The second-order valence-electron chi connectivity index (χ2n) is 3.97. The van der Waals surface area contributed by atoms with Crippen LogP contribution in [0.15, 0.2) is 44.0 Å². The van der Waals surface area contributed by atoms with Gasteiger partial charge < -0.3 is 0 Å². The highest BCUT2D eigenvalue weighted by Crippen LogP contribution is 2.35. The Hall–Kier alpha value is -0.450. The number of ketones is 1. The standard InChI is InChI=1S/C14H12Br2OS/c1-2-10(9-6-4-3-5-7-9)13(17)11-8-12(15)18-14(11)16/h3-8,10H,2H2,1H3. The fourth-order valence-corrected chi connectivity index (χ4v) is 4.77. The average molecular weight is 388 g/mol. The van der Waals surface area contributed by atoms with Gasteiger partial charge in [-0.3, -0.25) is 4.79 Å². The van der Waals surface area contributed by atoms with Gasteiger partial charge in [0.05, 0.1) is 7.57 Å². The molecule has 18 heavy (non-hydrogen) atoms. The van der Waals surface area contributed by atoms with E-state index in [1.807, 2.05) is 43.3 Å². The van der Waals surface area contributed by atoms with Crippen molar-refractivity contribution >= 4 is 49.0 Å². The topological polar surface area (TPSA) is 17.1 Å². The molecule has 2 rings (SSSR count). The van der Waals surface area contributed by atoms with Crippen LogP contribution >= 0.6 is 43.2 Å². The number of Topliss-reactive ketones (excluding diaryl/α,β-unsaturated/α-hetero) is 1. The Labute approximate surface area is 127 Å². The summed E-state index contributed by atoms with van der Waals surface area (Å²) in [6.07, 6.45) is 0.808. The summed E-state index contributed by atoms with van der Waals surface area (Å²) in [7, 11) is 0. The van der Waals surface area contributed by atoms with Crippen molar-refractivity contribution in [1.29, 1.82) is 0 Å². The van der Waals surface area contributed by atoms with Crippen LogP contribution in [0.1, 0.15) is 35.2 Å². The summed E-state index contributed by atoms with van der Waals surface area (Å²) in [4.78, 5) is 12.6. The number of hydrogen-bond acceptors (Lipinski definition) is 2. The molecule has 1 nitrogen and oxygen atoms in total. The average Bonchev–Trinajstić information content (AvgIpc) is 2.70. The van der Waals surface area contributed by atoms with Crippen molar-refractivity contribution in [2.75, 3.05) is 0 Å². The van der Waals surface area contributed by atoms with Gasteiger partial charge in [0.15, 0.2) is 5.78 Å². The minimum absolute atomic E-state index is 0.0657. The molecule has 1 aromatic carbocycles. The Morgan fingerprint density at radius 2 is 1.94 bits per heavy atom. The molecule has 0 saturated carbocycles. The third-order valence-electron chi connectivity index (χ3n) is 2.85. The lowest BCUT2D eigenvalue weighted by atomic mass is 9.90. The zero-order valence-electron chi connectivity index (χ0n) is 9.82. The number of hydrogen-bond donors (Lipinski definition) is 0. The molecule has 0 aliphatic heterocycles. The molecule has 0 amide bonds. The normalized spacial score (nSPS) is 12.4. The molecule has 0 aliphatic carbocycles. The van der Waals surface area contributed by atoms with Crippen molar-refractivity contribution in [2.45, 2.75) is 19.3 Å². The first-order chi connectivity index (χ1) is 8.63. The van der Waals surface area contributed by atoms with Gasteiger partial charge in [0.2, 0.25) is 0 Å². The molecular formula is C14H12Br2OS. The summed E-state index contributed by atoms with van der Waals surface area (Å²) in [5.74, 6) is 0.113. The molecule has 2 aromatic rings. The van der Waals surface area contributed by atoms with Crippen LogP contribution in [0, 0.1) is 0 Å². The first-order valence-corrected chi connectivity index (χ1v) is 8.07. The zero-order valence-corrected chi connectivity index (χ0v) is 13.8. The van der Waals surface area contributed by atoms with Gasteiger partial charge in [0.25, 0.3) is 0 Å². The Morgan fingerprint density at radius 3 is 2.44 bits per heavy atom. The van der Waals surface area contributed by atoms with Gasteiger partial charge >= 0.3 is 0 Å². The van der Waals surface area contributed by atoms with Crippen LogP contribution in [0.3, 0.4) is 0 Å². The van der Waals surface area contributed by atoms with Gasteiger partial charge in [0, 0.05) is 11.5 Å². The summed E-state index contributed by atoms with van der Waals surface area (Å²) >= 11 is 8.40. The van der Waals surface area contributed by atoms with Crippen LogP contribution in [0.2, 0.25) is 0 Å². The molecule has 0 fully saturated rings. The number of carbonyl (C=O) groups excluding carboxylic acids is 1. The summed E-state index contributed by atoms with van der Waals surface area (Å²) in [5.41, 5.74) is 1.85. The van der Waals surface area contributed by atoms with E-state index in [0.29, 0.717) is 0 Å². The molecule has 94 valence electrons. The van der Waals surface area contributed by atoms with E-state index in [1.165, 1.54) is 11.3 Å². The molecule has 0 spiro atoms. The number of halogens is 2. The zero-order chi connectivity index (χ0) is 13.1. The Balaban J connectivity index is 2.34. The molecule has 0 bridgehead atoms. The second-order valence-corrected chi connectivity index (χ2v) is 7.72. The molecule has 1 atom stereocenters. The lowest BCUT2D eigenvalue weighted by Gasteiger charge is -2.13. The maximum atomic E-state index is 12.6. The predicted molar refractivity (Wildman–Crippen MR) is 83.5 cm³/mol. The Bertz CT molecular complexity index is 548. The highest BCUT2D eigenvalue weighted by molar-refractivity contribution is 9.12. The summed E-state index contributed by atoms with van der Waals surface area (Å²) in [6, 6.07) is 11.8. The van der Waals surface area contributed by atoms with E-state index in [2.05, 4.69) is 31.9 Å². The van der Waals surface area contributed by atoms with Crippen LogP contribution in [-0.4, -0.2) is 5.78 Å². The second kappa shape index (κ2) is 6.13. The molecule has 0 aliphatic rings. The van der Waals surface area contributed by atoms with Gasteiger partial charge in [-0.15, -0.1) is 11.3 Å². The van der Waals surface area contributed by atoms with Gasteiger partial charge in [-0.2, -0.15) is 0 Å². The number of thiophene rings is 1. The van der Waals surface area contributed by atoms with E-state index in [-0.39, 0.29) is 11.7 Å². The number of rotatable bonds is 4. The van der Waals surface area contributed by atoms with E-state index in [4.69, 9.17) is 0 Å². The van der Waals surface area contributed by atoms with Crippen LogP contribution in [-0.2, 0) is 0 Å². The predicted octanol–water partition coefficient (Wildman–Crippen LogP) is 5.65. The van der Waals surface area contributed by atoms with Crippen molar-refractivity contribution in [1.82, 2.24) is 0 Å². The van der Waals surface area contributed by atoms with E-state index >= 15 is 0 Å². The van der Waals surface area contributed by atoms with Crippen LogP contribution in [0.25, 0.3) is 0 Å². The highest BCUT2D eigenvalue weighted by atomic mass is 79.9. The first kappa shape index (κ1) is 14.0. The van der Waals surface area contributed by atoms with Gasteiger partial charge in [-0.1, -0.05) is 37.3 Å². The van der Waals surface area contributed by atoms with Crippen LogP contribution in [0.4, 0.5) is 0 Å². The third kappa shape index (κ3) is 2.92. The maximum Gasteiger partial charge on any atom is 0.172 e. The molecule has 0 saturated heterocycles. The Morgan fingerprint density at radius 1 is 1.28 bits per heavy atom. The van der Waals surface area contributed by atoms with Gasteiger partial charge in [-0.05, 0) is 49.9 Å². The smallest absolute Gasteiger partial charge is 0.172 e. The lowest BCUT2D eigenvalue weighted by Crippen LogP contribution is -2.11. The molecule has 4 heteroatoms. The SMILES string of the molecule is CCC(C(=O)c1cc(Br)sc1Br)c1ccccc1. The van der Waals surface area contributed by atoms with Crippen molar-refractivity contribution in [3.8, 4) is 0 Å². The van der Waals surface area contributed by atoms with Crippen molar-refractivity contribution in [3.63, 3.8) is 0 Å². The number of carbonyl (C=O) groups is 1. The maximum absolute atomic E-state index is 12.6. The molecule has 0 radical (unpaired) electrons. The summed E-state index contributed by atoms with van der Waals surface area (Å²) in [5, 5.41) is 0. The summed E-state index contributed by atoms with van der Waals surface area (Å²) < 4.78 is 1.87. The largest absolute Gasteiger partial charge is 0.293 e. The fourth-order valence-electron chi connectivity index (χ4n) is 1.95. The summed E-state index contributed by atoms with van der Waals surface area (Å²) in [6.45, 7) is 2.05. The fraction of sp³-hybridized carbons (Fsp3) is 0.214. The van der Waals surface area contributed by atoms with E-state index in [9.17, 15) is 4.79 Å². The molecule has 1 unspecified atom stereocenters.